The normalized spacial score (nSPS) is 12.3. The van der Waals surface area contributed by atoms with Crippen molar-refractivity contribution in [3.63, 3.8) is 0 Å². The number of benzene rings is 1. The molecular formula is C16H19NO4. The van der Waals surface area contributed by atoms with Gasteiger partial charge in [0.1, 0.15) is 5.58 Å². The van der Waals surface area contributed by atoms with Gasteiger partial charge in [0.05, 0.1) is 6.42 Å². The van der Waals surface area contributed by atoms with Gasteiger partial charge < -0.3 is 14.8 Å². The van der Waals surface area contributed by atoms with Gasteiger partial charge >= 0.3 is 5.97 Å². The highest BCUT2D eigenvalue weighted by Gasteiger charge is 2.21. The number of amides is 1. The Kier molecular flexibility index (Phi) is 4.62. The number of rotatable bonds is 6. The van der Waals surface area contributed by atoms with Crippen molar-refractivity contribution in [2.75, 3.05) is 0 Å². The van der Waals surface area contributed by atoms with E-state index >= 15 is 0 Å². The van der Waals surface area contributed by atoms with Crippen molar-refractivity contribution in [2.45, 2.75) is 39.2 Å². The van der Waals surface area contributed by atoms with Crippen LogP contribution in [0.1, 0.15) is 42.3 Å². The summed E-state index contributed by atoms with van der Waals surface area (Å²) in [5.41, 5.74) is 1.43. The van der Waals surface area contributed by atoms with E-state index in [9.17, 15) is 9.59 Å². The molecule has 0 aliphatic rings. The van der Waals surface area contributed by atoms with E-state index in [-0.39, 0.29) is 24.1 Å². The van der Waals surface area contributed by atoms with Crippen molar-refractivity contribution < 1.29 is 19.1 Å². The molecule has 0 saturated heterocycles. The summed E-state index contributed by atoms with van der Waals surface area (Å²) in [7, 11) is 0. The van der Waals surface area contributed by atoms with Crippen molar-refractivity contribution >= 4 is 22.8 Å². The number of carbonyl (C=O) groups is 2. The lowest BCUT2D eigenvalue weighted by molar-refractivity contribution is -0.137. The number of aliphatic carboxylic acids is 1. The molecule has 1 unspecified atom stereocenters. The van der Waals surface area contributed by atoms with Gasteiger partial charge in [0.15, 0.2) is 5.76 Å². The summed E-state index contributed by atoms with van der Waals surface area (Å²) in [6, 6.07) is 7.05. The minimum atomic E-state index is -0.921. The van der Waals surface area contributed by atoms with Gasteiger partial charge in [-0.15, -0.1) is 0 Å². The first-order valence-corrected chi connectivity index (χ1v) is 7.03. The Hall–Kier alpha value is -2.30. The molecule has 0 bridgehead atoms. The molecule has 112 valence electrons. The van der Waals surface area contributed by atoms with Crippen LogP contribution in [-0.4, -0.2) is 23.0 Å². The SMILES string of the molecule is CCCC(CC(=O)O)NC(=O)c1oc2ccccc2c1C. The number of hydrogen-bond acceptors (Lipinski definition) is 3. The molecule has 0 aliphatic carbocycles. The number of aryl methyl sites for hydroxylation is 1. The molecule has 1 aromatic carbocycles. The quantitative estimate of drug-likeness (QED) is 0.856. The molecule has 0 spiro atoms. The summed E-state index contributed by atoms with van der Waals surface area (Å²) in [5.74, 6) is -1.03. The molecule has 0 saturated carbocycles. The van der Waals surface area contributed by atoms with Crippen LogP contribution in [-0.2, 0) is 4.79 Å². The predicted octanol–water partition coefficient (Wildman–Crippen LogP) is 3.11. The Morgan fingerprint density at radius 2 is 2.05 bits per heavy atom. The van der Waals surface area contributed by atoms with Crippen LogP contribution < -0.4 is 5.32 Å². The van der Waals surface area contributed by atoms with Crippen LogP contribution in [0.5, 0.6) is 0 Å². The van der Waals surface area contributed by atoms with E-state index in [1.807, 2.05) is 32.0 Å². The van der Waals surface area contributed by atoms with Crippen molar-refractivity contribution in [1.82, 2.24) is 5.32 Å². The van der Waals surface area contributed by atoms with E-state index in [0.717, 1.165) is 17.4 Å². The van der Waals surface area contributed by atoms with E-state index in [0.29, 0.717) is 12.0 Å². The summed E-state index contributed by atoms with van der Waals surface area (Å²) < 4.78 is 5.59. The molecule has 5 nitrogen and oxygen atoms in total. The Balaban J connectivity index is 2.20. The zero-order chi connectivity index (χ0) is 15.4. The van der Waals surface area contributed by atoms with Gasteiger partial charge in [-0.25, -0.2) is 0 Å². The molecule has 0 radical (unpaired) electrons. The topological polar surface area (TPSA) is 79.5 Å². The Bertz CT molecular complexity index is 659. The zero-order valence-electron chi connectivity index (χ0n) is 12.2. The standard InChI is InChI=1S/C16H19NO4/c1-3-6-11(9-14(18)19)17-16(20)15-10(2)12-7-4-5-8-13(12)21-15/h4-5,7-8,11H,3,6,9H2,1-2H3,(H,17,20)(H,18,19). The lowest BCUT2D eigenvalue weighted by Crippen LogP contribution is -2.36. The second-order valence-corrected chi connectivity index (χ2v) is 5.11. The highest BCUT2D eigenvalue weighted by Crippen LogP contribution is 2.25. The predicted molar refractivity (Wildman–Crippen MR) is 79.4 cm³/mol. The van der Waals surface area contributed by atoms with Crippen LogP contribution in [0.3, 0.4) is 0 Å². The molecule has 2 rings (SSSR count). The molecular weight excluding hydrogens is 270 g/mol. The van der Waals surface area contributed by atoms with Crippen LogP contribution >= 0.6 is 0 Å². The van der Waals surface area contributed by atoms with Crippen LogP contribution in [0.4, 0.5) is 0 Å². The Labute approximate surface area is 122 Å². The summed E-state index contributed by atoms with van der Waals surface area (Å²) in [6.07, 6.45) is 1.34. The average Bonchev–Trinajstić information content (AvgIpc) is 2.76. The molecule has 2 aromatic rings. The summed E-state index contributed by atoms with van der Waals surface area (Å²) in [4.78, 5) is 23.1. The van der Waals surface area contributed by atoms with E-state index in [1.165, 1.54) is 0 Å². The third-order valence-corrected chi connectivity index (χ3v) is 3.44. The Morgan fingerprint density at radius 1 is 1.33 bits per heavy atom. The maximum atomic E-state index is 12.3. The van der Waals surface area contributed by atoms with Crippen LogP contribution in [0.25, 0.3) is 11.0 Å². The number of carboxylic acids is 1. The monoisotopic (exact) mass is 289 g/mol. The van der Waals surface area contributed by atoms with E-state index < -0.39 is 5.97 Å². The van der Waals surface area contributed by atoms with Crippen molar-refractivity contribution in [3.05, 3.63) is 35.6 Å². The molecule has 21 heavy (non-hydrogen) atoms. The van der Waals surface area contributed by atoms with Crippen molar-refractivity contribution in [2.24, 2.45) is 0 Å². The van der Waals surface area contributed by atoms with E-state index in [4.69, 9.17) is 9.52 Å². The van der Waals surface area contributed by atoms with Crippen molar-refractivity contribution in [3.8, 4) is 0 Å². The minimum absolute atomic E-state index is 0.0845. The molecule has 0 aliphatic heterocycles. The zero-order valence-corrected chi connectivity index (χ0v) is 12.2. The smallest absolute Gasteiger partial charge is 0.305 e. The lowest BCUT2D eigenvalue weighted by Gasteiger charge is -2.15. The van der Waals surface area contributed by atoms with Gasteiger partial charge in [0.2, 0.25) is 0 Å². The van der Waals surface area contributed by atoms with Gasteiger partial charge in [-0.1, -0.05) is 31.5 Å². The summed E-state index contributed by atoms with van der Waals surface area (Å²) in [6.45, 7) is 3.78. The van der Waals surface area contributed by atoms with Gasteiger partial charge in [-0.3, -0.25) is 9.59 Å². The summed E-state index contributed by atoms with van der Waals surface area (Å²) >= 11 is 0. The molecule has 1 atom stereocenters. The first-order chi connectivity index (χ1) is 10.0. The third kappa shape index (κ3) is 3.42. The second-order valence-electron chi connectivity index (χ2n) is 5.11. The Morgan fingerprint density at radius 3 is 2.67 bits per heavy atom. The van der Waals surface area contributed by atoms with Gasteiger partial charge in [-0.2, -0.15) is 0 Å². The highest BCUT2D eigenvalue weighted by atomic mass is 16.4. The number of furan rings is 1. The molecule has 2 N–H and O–H groups in total. The van der Waals surface area contributed by atoms with Crippen molar-refractivity contribution in [1.29, 1.82) is 0 Å². The third-order valence-electron chi connectivity index (χ3n) is 3.44. The fourth-order valence-electron chi connectivity index (χ4n) is 2.43. The number of carboxylic acid groups (broad SMARTS) is 1. The van der Waals surface area contributed by atoms with E-state index in [2.05, 4.69) is 5.32 Å². The second kappa shape index (κ2) is 6.43. The van der Waals surface area contributed by atoms with Crippen LogP contribution in [0.15, 0.2) is 28.7 Å². The summed E-state index contributed by atoms with van der Waals surface area (Å²) in [5, 5.41) is 12.5. The number of fused-ring (bicyclic) bond motifs is 1. The maximum absolute atomic E-state index is 12.3. The van der Waals surface area contributed by atoms with E-state index in [1.54, 1.807) is 6.07 Å². The van der Waals surface area contributed by atoms with Gasteiger partial charge in [0.25, 0.3) is 5.91 Å². The average molecular weight is 289 g/mol. The molecule has 5 heteroatoms. The molecule has 1 heterocycles. The molecule has 0 fully saturated rings. The molecule has 1 amide bonds. The fourth-order valence-corrected chi connectivity index (χ4v) is 2.43. The first-order valence-electron chi connectivity index (χ1n) is 7.03. The lowest BCUT2D eigenvalue weighted by atomic mass is 10.1. The van der Waals surface area contributed by atoms with Gasteiger partial charge in [-0.05, 0) is 19.4 Å². The fraction of sp³-hybridized carbons (Fsp3) is 0.375. The minimum Gasteiger partial charge on any atom is -0.481 e. The van der Waals surface area contributed by atoms with Gasteiger partial charge in [0, 0.05) is 17.0 Å². The number of carbonyl (C=O) groups excluding carboxylic acids is 1. The van der Waals surface area contributed by atoms with Crippen LogP contribution in [0.2, 0.25) is 0 Å². The highest BCUT2D eigenvalue weighted by molar-refractivity contribution is 5.99. The number of hydrogen-bond donors (Lipinski definition) is 2. The first kappa shape index (κ1) is 15.1. The number of nitrogens with one attached hydrogen (secondary N) is 1. The molecule has 1 aromatic heterocycles. The number of para-hydroxylation sites is 1. The van der Waals surface area contributed by atoms with Crippen LogP contribution in [0, 0.1) is 6.92 Å². The largest absolute Gasteiger partial charge is 0.481 e. The maximum Gasteiger partial charge on any atom is 0.305 e.